The second-order valence-electron chi connectivity index (χ2n) is 5.87. The number of carbonyl (C=O) groups excluding carboxylic acids is 1. The van der Waals surface area contributed by atoms with Crippen LogP contribution in [0, 0.1) is 0 Å². The summed E-state index contributed by atoms with van der Waals surface area (Å²) < 4.78 is 12.0. The fourth-order valence-electron chi connectivity index (χ4n) is 1.91. The minimum Gasteiger partial charge on any atom is -0.400 e. The van der Waals surface area contributed by atoms with Gasteiger partial charge in [-0.1, -0.05) is 6.08 Å². The predicted octanol–water partition coefficient (Wildman–Crippen LogP) is 3.51. The third kappa shape index (κ3) is 2.88. The van der Waals surface area contributed by atoms with Crippen LogP contribution < -0.4 is 0 Å². The van der Waals surface area contributed by atoms with E-state index < -0.39 is 7.12 Å². The molecular formula is C14H19BO3S2. The highest BCUT2D eigenvalue weighted by Crippen LogP contribution is 2.39. The van der Waals surface area contributed by atoms with Crippen LogP contribution in [0.2, 0.25) is 0 Å². The predicted molar refractivity (Wildman–Crippen MR) is 87.6 cm³/mol. The lowest BCUT2D eigenvalue weighted by Crippen LogP contribution is -2.41. The highest BCUT2D eigenvalue weighted by molar-refractivity contribution is 7.80. The molecule has 20 heavy (non-hydrogen) atoms. The molecule has 0 aliphatic carbocycles. The maximum Gasteiger partial charge on any atom is 0.491 e. The summed E-state index contributed by atoms with van der Waals surface area (Å²) in [5.41, 5.74) is 1.76. The fraction of sp³-hybridized carbons (Fsp3) is 0.500. The summed E-state index contributed by atoms with van der Waals surface area (Å²) in [5.74, 6) is 0.519. The van der Waals surface area contributed by atoms with Crippen LogP contribution in [0.5, 0.6) is 0 Å². The summed E-state index contributed by atoms with van der Waals surface area (Å²) in [7, 11) is -0.420. The molecule has 2 rings (SSSR count). The first-order valence-corrected chi connectivity index (χ1v) is 8.06. The van der Waals surface area contributed by atoms with Crippen LogP contribution >= 0.6 is 24.0 Å². The third-order valence-electron chi connectivity index (χ3n) is 3.93. The highest BCUT2D eigenvalue weighted by atomic mass is 32.1. The Labute approximate surface area is 129 Å². The molecule has 2 heterocycles. The summed E-state index contributed by atoms with van der Waals surface area (Å²) in [4.78, 5) is 11.0. The average molecular weight is 310 g/mol. The van der Waals surface area contributed by atoms with Gasteiger partial charge in [-0.15, -0.1) is 0 Å². The number of thiol groups is 1. The van der Waals surface area contributed by atoms with Gasteiger partial charge in [0.05, 0.1) is 11.2 Å². The Morgan fingerprint density at radius 2 is 1.80 bits per heavy atom. The second kappa shape index (κ2) is 5.68. The topological polar surface area (TPSA) is 35.5 Å². The molecule has 1 saturated heterocycles. The van der Waals surface area contributed by atoms with E-state index in [2.05, 4.69) is 12.6 Å². The van der Waals surface area contributed by atoms with Gasteiger partial charge in [0, 0.05) is 16.7 Å². The Balaban J connectivity index is 2.29. The molecule has 0 spiro atoms. The summed E-state index contributed by atoms with van der Waals surface area (Å²) in [6, 6.07) is 0. The maximum absolute atomic E-state index is 11.0. The standard InChI is InChI=1S/C14H19BO3S2/c1-13(2)14(3,4)18-15(17-13)12(7-19)5-10-8-20-9-11(10)6-16/h5-6,8-9,19H,7H2,1-4H3. The van der Waals surface area contributed by atoms with Crippen LogP contribution in [0.25, 0.3) is 6.08 Å². The third-order valence-corrected chi connectivity index (χ3v) is 5.07. The van der Waals surface area contributed by atoms with Crippen LogP contribution in [-0.4, -0.2) is 30.4 Å². The fourth-order valence-corrected chi connectivity index (χ4v) is 2.91. The van der Waals surface area contributed by atoms with Crippen LogP contribution in [0.4, 0.5) is 0 Å². The minimum absolute atomic E-state index is 0.373. The lowest BCUT2D eigenvalue weighted by atomic mass is 9.78. The molecule has 0 aromatic carbocycles. The van der Waals surface area contributed by atoms with Gasteiger partial charge in [0.25, 0.3) is 0 Å². The van der Waals surface area contributed by atoms with E-state index in [1.54, 1.807) is 0 Å². The van der Waals surface area contributed by atoms with Crippen molar-refractivity contribution in [1.29, 1.82) is 0 Å². The Bertz CT molecular complexity index is 518. The van der Waals surface area contributed by atoms with Crippen LogP contribution in [0.1, 0.15) is 43.6 Å². The minimum atomic E-state index is -0.420. The number of rotatable bonds is 4. The molecule has 1 fully saturated rings. The molecule has 0 atom stereocenters. The van der Waals surface area contributed by atoms with Gasteiger partial charge in [0.15, 0.2) is 6.29 Å². The zero-order valence-electron chi connectivity index (χ0n) is 12.2. The van der Waals surface area contributed by atoms with E-state index in [1.165, 1.54) is 11.3 Å². The highest BCUT2D eigenvalue weighted by Gasteiger charge is 2.52. The van der Waals surface area contributed by atoms with Crippen molar-refractivity contribution in [2.75, 3.05) is 5.75 Å². The number of carbonyl (C=O) groups is 1. The molecule has 0 radical (unpaired) electrons. The number of hydrogen-bond acceptors (Lipinski definition) is 5. The van der Waals surface area contributed by atoms with Gasteiger partial charge < -0.3 is 9.31 Å². The summed E-state index contributed by atoms with van der Waals surface area (Å²) in [6.45, 7) is 8.07. The van der Waals surface area contributed by atoms with E-state index in [0.29, 0.717) is 11.3 Å². The summed E-state index contributed by atoms with van der Waals surface area (Å²) in [5, 5.41) is 3.78. The largest absolute Gasteiger partial charge is 0.491 e. The summed E-state index contributed by atoms with van der Waals surface area (Å²) >= 11 is 5.87. The summed E-state index contributed by atoms with van der Waals surface area (Å²) in [6.07, 6.45) is 2.80. The molecule has 3 nitrogen and oxygen atoms in total. The van der Waals surface area contributed by atoms with E-state index in [9.17, 15) is 4.79 Å². The van der Waals surface area contributed by atoms with Crippen molar-refractivity contribution in [2.24, 2.45) is 0 Å². The van der Waals surface area contributed by atoms with Crippen molar-refractivity contribution in [1.82, 2.24) is 0 Å². The SMILES string of the molecule is CC1(C)OB(C(=Cc2cscc2C=O)CS)OC1(C)C. The lowest BCUT2D eigenvalue weighted by Gasteiger charge is -2.32. The van der Waals surface area contributed by atoms with Crippen LogP contribution in [-0.2, 0) is 9.31 Å². The Morgan fingerprint density at radius 3 is 2.30 bits per heavy atom. The van der Waals surface area contributed by atoms with E-state index in [-0.39, 0.29) is 11.2 Å². The van der Waals surface area contributed by atoms with E-state index >= 15 is 0 Å². The lowest BCUT2D eigenvalue weighted by molar-refractivity contribution is 0.00578. The van der Waals surface area contributed by atoms with Gasteiger partial charge in [-0.05, 0) is 44.1 Å². The van der Waals surface area contributed by atoms with Crippen LogP contribution in [0.3, 0.4) is 0 Å². The van der Waals surface area contributed by atoms with Gasteiger partial charge in [-0.3, -0.25) is 4.79 Å². The number of thiophene rings is 1. The first-order valence-electron chi connectivity index (χ1n) is 6.49. The molecule has 0 N–H and O–H groups in total. The molecule has 1 aliphatic rings. The molecule has 6 heteroatoms. The molecule has 1 aliphatic heterocycles. The second-order valence-corrected chi connectivity index (χ2v) is 6.93. The van der Waals surface area contributed by atoms with Crippen LogP contribution in [0.15, 0.2) is 16.2 Å². The van der Waals surface area contributed by atoms with Crippen molar-refractivity contribution in [3.8, 4) is 0 Å². The Hall–Kier alpha value is -0.555. The molecule has 1 aromatic heterocycles. The zero-order chi connectivity index (χ0) is 15.0. The molecule has 0 amide bonds. The zero-order valence-corrected chi connectivity index (χ0v) is 13.9. The van der Waals surface area contributed by atoms with Crippen molar-refractivity contribution >= 4 is 43.4 Å². The van der Waals surface area contributed by atoms with Gasteiger partial charge in [-0.25, -0.2) is 0 Å². The van der Waals surface area contributed by atoms with Crippen molar-refractivity contribution < 1.29 is 14.1 Å². The molecule has 0 bridgehead atoms. The molecule has 108 valence electrons. The quantitative estimate of drug-likeness (QED) is 0.525. The first kappa shape index (κ1) is 15.8. The number of aldehydes is 1. The molecule has 0 saturated carbocycles. The molecule has 1 aromatic rings. The Kier molecular flexibility index (Phi) is 4.49. The molecule has 0 unspecified atom stereocenters. The first-order chi connectivity index (χ1) is 9.30. The number of hydrogen-bond donors (Lipinski definition) is 1. The van der Waals surface area contributed by atoms with Gasteiger partial charge in [0.1, 0.15) is 0 Å². The maximum atomic E-state index is 11.0. The van der Waals surface area contributed by atoms with Crippen molar-refractivity contribution in [3.05, 3.63) is 27.4 Å². The Morgan fingerprint density at radius 1 is 1.25 bits per heavy atom. The normalized spacial score (nSPS) is 21.2. The average Bonchev–Trinajstić information content (AvgIpc) is 2.88. The van der Waals surface area contributed by atoms with E-state index in [4.69, 9.17) is 9.31 Å². The van der Waals surface area contributed by atoms with Gasteiger partial charge >= 0.3 is 7.12 Å². The van der Waals surface area contributed by atoms with Crippen molar-refractivity contribution in [3.63, 3.8) is 0 Å². The molecular weight excluding hydrogens is 291 g/mol. The van der Waals surface area contributed by atoms with Crippen molar-refractivity contribution in [2.45, 2.75) is 38.9 Å². The van der Waals surface area contributed by atoms with Gasteiger partial charge in [-0.2, -0.15) is 24.0 Å². The smallest absolute Gasteiger partial charge is 0.400 e. The van der Waals surface area contributed by atoms with E-state index in [1.807, 2.05) is 44.5 Å². The van der Waals surface area contributed by atoms with E-state index in [0.717, 1.165) is 17.3 Å². The monoisotopic (exact) mass is 310 g/mol. The van der Waals surface area contributed by atoms with Gasteiger partial charge in [0.2, 0.25) is 0 Å².